The fraction of sp³-hybridized carbons (Fsp3) is 0.0667. The number of nitrogens with two attached hydrogens (primary N) is 2. The number of aliphatic imine (C=N–C) groups is 1. The summed E-state index contributed by atoms with van der Waals surface area (Å²) in [4.78, 5) is 8.02. The summed E-state index contributed by atoms with van der Waals surface area (Å²) in [5, 5.41) is 22.8. The van der Waals surface area contributed by atoms with Gasteiger partial charge in [-0.15, -0.1) is 0 Å². The topological polar surface area (TPSA) is 149 Å². The van der Waals surface area contributed by atoms with Gasteiger partial charge in [0.1, 0.15) is 35.1 Å². The third kappa shape index (κ3) is 2.57. The predicted octanol–water partition coefficient (Wildman–Crippen LogP) is 1.48. The first-order valence-corrected chi connectivity index (χ1v) is 7.00. The molecule has 0 fully saturated rings. The molecule has 0 spiro atoms. The van der Waals surface area contributed by atoms with Crippen LogP contribution in [0.2, 0.25) is 0 Å². The molecule has 11 heteroatoms. The van der Waals surface area contributed by atoms with E-state index >= 15 is 0 Å². The van der Waals surface area contributed by atoms with Gasteiger partial charge < -0.3 is 16.8 Å². The van der Waals surface area contributed by atoms with Gasteiger partial charge in [-0.25, -0.2) is 23.1 Å². The highest BCUT2D eigenvalue weighted by Gasteiger charge is 2.32. The third-order valence-corrected chi connectivity index (χ3v) is 3.69. The van der Waals surface area contributed by atoms with Crippen molar-refractivity contribution < 1.29 is 13.2 Å². The molecule has 1 unspecified atom stereocenters. The summed E-state index contributed by atoms with van der Waals surface area (Å²) in [5.74, 6) is -4.09. The van der Waals surface area contributed by atoms with Crippen molar-refractivity contribution in [1.82, 2.24) is 10.3 Å². The molecule has 6 N–H and O–H groups in total. The molecule has 0 aliphatic carbocycles. The molecule has 0 saturated heterocycles. The van der Waals surface area contributed by atoms with Crippen molar-refractivity contribution in [3.05, 3.63) is 46.3 Å². The van der Waals surface area contributed by atoms with Crippen molar-refractivity contribution in [3.8, 4) is 12.3 Å². The molecule has 1 aromatic heterocycles. The average Bonchev–Trinajstić information content (AvgIpc) is 2.58. The van der Waals surface area contributed by atoms with Gasteiger partial charge in [0, 0.05) is 17.2 Å². The minimum absolute atomic E-state index is 0.000818. The van der Waals surface area contributed by atoms with Crippen LogP contribution in [-0.4, -0.2) is 10.9 Å². The molecule has 2 heterocycles. The zero-order valence-corrected chi connectivity index (χ0v) is 12.8. The molecule has 1 aliphatic rings. The van der Waals surface area contributed by atoms with Crippen molar-refractivity contribution in [1.29, 1.82) is 10.5 Å². The average molecular weight is 358 g/mol. The van der Waals surface area contributed by atoms with E-state index in [0.717, 1.165) is 0 Å². The van der Waals surface area contributed by atoms with Crippen molar-refractivity contribution >= 4 is 23.3 Å². The molecule has 0 bridgehead atoms. The molecule has 2 aromatic rings. The van der Waals surface area contributed by atoms with Crippen molar-refractivity contribution in [3.63, 3.8) is 0 Å². The van der Waals surface area contributed by atoms with Gasteiger partial charge in [-0.1, -0.05) is 0 Å². The predicted molar refractivity (Wildman–Crippen MR) is 85.7 cm³/mol. The number of nitriles is 2. The van der Waals surface area contributed by atoms with Crippen molar-refractivity contribution in [2.45, 2.75) is 6.04 Å². The molecule has 3 rings (SSSR count). The van der Waals surface area contributed by atoms with Gasteiger partial charge in [-0.05, 0) is 6.07 Å². The van der Waals surface area contributed by atoms with Crippen LogP contribution < -0.4 is 22.1 Å². The van der Waals surface area contributed by atoms with Crippen LogP contribution in [-0.2, 0) is 0 Å². The number of benzene rings is 1. The van der Waals surface area contributed by atoms with Crippen molar-refractivity contribution in [2.24, 2.45) is 4.99 Å². The van der Waals surface area contributed by atoms with Crippen LogP contribution in [0.5, 0.6) is 0 Å². The Labute approximate surface area is 144 Å². The Morgan fingerprint density at radius 1 is 1.12 bits per heavy atom. The molecule has 0 radical (unpaired) electrons. The van der Waals surface area contributed by atoms with Gasteiger partial charge in [0.05, 0.1) is 5.69 Å². The number of pyridine rings is 1. The minimum Gasteiger partial charge on any atom is -0.397 e. The maximum Gasteiger partial charge on any atom is 0.211 e. The number of guanidine groups is 1. The van der Waals surface area contributed by atoms with E-state index in [1.807, 2.05) is 0 Å². The first kappa shape index (κ1) is 16.9. The molecule has 1 atom stereocenters. The maximum absolute atomic E-state index is 14.3. The number of nitrogens with zero attached hydrogens (tertiary/aromatic N) is 4. The van der Waals surface area contributed by atoms with E-state index in [9.17, 15) is 18.4 Å². The van der Waals surface area contributed by atoms with Crippen LogP contribution in [0.4, 0.5) is 30.5 Å². The van der Waals surface area contributed by atoms with E-state index in [1.54, 1.807) is 12.3 Å². The molecule has 0 amide bonds. The second kappa shape index (κ2) is 6.14. The summed E-state index contributed by atoms with van der Waals surface area (Å²) in [6, 6.07) is 1.47. The Balaban J connectivity index is 2.30. The highest BCUT2D eigenvalue weighted by molar-refractivity contribution is 5.98. The number of anilines is 3. The van der Waals surface area contributed by atoms with E-state index in [0.29, 0.717) is 12.1 Å². The van der Waals surface area contributed by atoms with E-state index in [1.165, 1.54) is 0 Å². The Morgan fingerprint density at radius 3 is 2.46 bits per heavy atom. The van der Waals surface area contributed by atoms with Gasteiger partial charge >= 0.3 is 0 Å². The zero-order chi connectivity index (χ0) is 19.0. The van der Waals surface area contributed by atoms with Gasteiger partial charge in [0.25, 0.3) is 0 Å². The second-order valence-electron chi connectivity index (χ2n) is 5.19. The largest absolute Gasteiger partial charge is 0.397 e. The van der Waals surface area contributed by atoms with E-state index < -0.39 is 23.5 Å². The molecule has 0 saturated carbocycles. The van der Waals surface area contributed by atoms with Crippen LogP contribution in [0.3, 0.4) is 0 Å². The Hall–Kier alpha value is -3.99. The maximum atomic E-state index is 14.3. The summed E-state index contributed by atoms with van der Waals surface area (Å²) in [6.07, 6.45) is 1.61. The number of nitrogens with one attached hydrogen (secondary N) is 2. The molecule has 1 aliphatic heterocycles. The highest BCUT2D eigenvalue weighted by atomic mass is 19.2. The van der Waals surface area contributed by atoms with Crippen LogP contribution in [0.15, 0.2) is 17.1 Å². The Kier molecular flexibility index (Phi) is 3.98. The SMILES string of the molecule is N#CNC1=NC(c2cc(F)c(F)cc2F)c2c(nc(N)c(C#N)c2N)N1. The monoisotopic (exact) mass is 358 g/mol. The first-order chi connectivity index (χ1) is 12.4. The van der Waals surface area contributed by atoms with Gasteiger partial charge in [-0.3, -0.25) is 5.32 Å². The number of rotatable bonds is 1. The lowest BCUT2D eigenvalue weighted by Crippen LogP contribution is -2.33. The number of aromatic nitrogens is 1. The number of hydrogen-bond acceptors (Lipinski definition) is 8. The lowest BCUT2D eigenvalue weighted by atomic mass is 9.94. The second-order valence-corrected chi connectivity index (χ2v) is 5.19. The normalized spacial score (nSPS) is 15.1. The minimum atomic E-state index is -1.37. The fourth-order valence-electron chi connectivity index (χ4n) is 2.55. The van der Waals surface area contributed by atoms with Crippen LogP contribution >= 0.6 is 0 Å². The molecule has 1 aromatic carbocycles. The van der Waals surface area contributed by atoms with Crippen molar-refractivity contribution in [2.75, 3.05) is 16.8 Å². The molecular formula is C15H9F3N8. The standard InChI is InChI=1S/C15H9F3N8/c16-7-2-9(18)8(17)1-5(7)12-10-11(21)6(3-19)13(22)25-14(10)26-15(24-12)23-4-20/h1-2,12H,(H6,21,22,23,24,25,26). The number of nitrogen functional groups attached to an aromatic ring is 2. The summed E-state index contributed by atoms with van der Waals surface area (Å²) < 4.78 is 41.2. The fourth-order valence-corrected chi connectivity index (χ4v) is 2.55. The van der Waals surface area contributed by atoms with Gasteiger partial charge in [-0.2, -0.15) is 10.5 Å². The van der Waals surface area contributed by atoms with Crippen LogP contribution in [0.25, 0.3) is 0 Å². The highest BCUT2D eigenvalue weighted by Crippen LogP contribution is 2.41. The smallest absolute Gasteiger partial charge is 0.211 e. The summed E-state index contributed by atoms with van der Waals surface area (Å²) >= 11 is 0. The number of fused-ring (bicyclic) bond motifs is 1. The van der Waals surface area contributed by atoms with Crippen LogP contribution in [0, 0.1) is 40.2 Å². The number of halogens is 3. The van der Waals surface area contributed by atoms with E-state index in [2.05, 4.69) is 20.6 Å². The quantitative estimate of drug-likeness (QED) is 0.342. The van der Waals surface area contributed by atoms with Gasteiger partial charge in [0.2, 0.25) is 5.96 Å². The molecule has 130 valence electrons. The summed E-state index contributed by atoms with van der Waals surface area (Å²) in [6.45, 7) is 0. The summed E-state index contributed by atoms with van der Waals surface area (Å²) in [5.41, 5.74) is 11.0. The van der Waals surface area contributed by atoms with E-state index in [-0.39, 0.29) is 40.0 Å². The molecule has 26 heavy (non-hydrogen) atoms. The van der Waals surface area contributed by atoms with Gasteiger partial charge in [0.15, 0.2) is 17.8 Å². The summed E-state index contributed by atoms with van der Waals surface area (Å²) in [7, 11) is 0. The Morgan fingerprint density at radius 2 is 1.81 bits per heavy atom. The first-order valence-electron chi connectivity index (χ1n) is 7.00. The number of hydrogen-bond donors (Lipinski definition) is 4. The Bertz CT molecular complexity index is 1030. The van der Waals surface area contributed by atoms with E-state index in [4.69, 9.17) is 16.7 Å². The molecule has 8 nitrogen and oxygen atoms in total. The zero-order valence-electron chi connectivity index (χ0n) is 12.8. The lowest BCUT2D eigenvalue weighted by Gasteiger charge is -2.26. The van der Waals surface area contributed by atoms with Crippen LogP contribution in [0.1, 0.15) is 22.7 Å². The molecular weight excluding hydrogens is 349 g/mol. The third-order valence-electron chi connectivity index (χ3n) is 3.69. The lowest BCUT2D eigenvalue weighted by molar-refractivity contribution is 0.487.